The fraction of sp³-hybridized carbons (Fsp3) is 0.650. The summed E-state index contributed by atoms with van der Waals surface area (Å²) in [5, 5.41) is 7.13. The third-order valence-corrected chi connectivity index (χ3v) is 5.33. The van der Waals surface area contributed by atoms with Gasteiger partial charge in [0.25, 0.3) is 0 Å². The van der Waals surface area contributed by atoms with E-state index >= 15 is 0 Å². The molecule has 1 saturated carbocycles. The van der Waals surface area contributed by atoms with Gasteiger partial charge in [-0.05, 0) is 17.9 Å². The molecule has 1 aromatic carbocycles. The first-order valence-corrected chi connectivity index (χ1v) is 9.53. The molecule has 3 rings (SSSR count). The molecule has 138 valence electrons. The van der Waals surface area contributed by atoms with Crippen molar-refractivity contribution in [2.24, 2.45) is 10.9 Å². The van der Waals surface area contributed by atoms with Gasteiger partial charge < -0.3 is 15.4 Å². The highest BCUT2D eigenvalue weighted by Crippen LogP contribution is 2.40. The summed E-state index contributed by atoms with van der Waals surface area (Å²) in [6.45, 7) is 9.24. The van der Waals surface area contributed by atoms with Crippen LogP contribution in [-0.2, 0) is 4.74 Å². The summed E-state index contributed by atoms with van der Waals surface area (Å²) in [6, 6.07) is 11.7. The molecule has 3 unspecified atom stereocenters. The molecule has 1 aromatic rings. The molecule has 1 aliphatic heterocycles. The number of ether oxygens (including phenoxy) is 1. The Balaban J connectivity index is 1.49. The average Bonchev–Trinajstić information content (AvgIpc) is 3.41. The van der Waals surface area contributed by atoms with Crippen molar-refractivity contribution < 1.29 is 4.74 Å². The Morgan fingerprint density at radius 3 is 2.60 bits per heavy atom. The van der Waals surface area contributed by atoms with E-state index in [2.05, 4.69) is 64.7 Å². The maximum atomic E-state index is 5.49. The van der Waals surface area contributed by atoms with Gasteiger partial charge in [-0.3, -0.25) is 9.89 Å². The van der Waals surface area contributed by atoms with Gasteiger partial charge in [-0.25, -0.2) is 0 Å². The van der Waals surface area contributed by atoms with Gasteiger partial charge in [-0.2, -0.15) is 0 Å². The van der Waals surface area contributed by atoms with E-state index in [4.69, 9.17) is 4.74 Å². The normalized spacial score (nSPS) is 25.7. The van der Waals surface area contributed by atoms with Crippen molar-refractivity contribution >= 4 is 5.96 Å². The van der Waals surface area contributed by atoms with Crippen LogP contribution in [0.4, 0.5) is 0 Å². The lowest BCUT2D eigenvalue weighted by atomic mass is 10.0. The molecule has 0 bridgehead atoms. The molecule has 5 nitrogen and oxygen atoms in total. The Morgan fingerprint density at radius 1 is 1.24 bits per heavy atom. The van der Waals surface area contributed by atoms with Crippen LogP contribution in [0.1, 0.15) is 31.7 Å². The van der Waals surface area contributed by atoms with Crippen LogP contribution in [0, 0.1) is 5.92 Å². The zero-order valence-corrected chi connectivity index (χ0v) is 15.7. The first-order chi connectivity index (χ1) is 12.2. The van der Waals surface area contributed by atoms with Crippen molar-refractivity contribution in [1.29, 1.82) is 0 Å². The number of hydrogen-bond donors (Lipinski definition) is 2. The van der Waals surface area contributed by atoms with E-state index < -0.39 is 0 Å². The molecule has 0 spiro atoms. The van der Waals surface area contributed by atoms with Gasteiger partial charge >= 0.3 is 0 Å². The number of guanidine groups is 1. The highest BCUT2D eigenvalue weighted by atomic mass is 16.5. The molecule has 0 amide bonds. The number of morpholine rings is 1. The molecule has 1 saturated heterocycles. The first kappa shape index (κ1) is 18.2. The van der Waals surface area contributed by atoms with Crippen LogP contribution in [-0.4, -0.2) is 62.8 Å². The van der Waals surface area contributed by atoms with Crippen molar-refractivity contribution in [3.8, 4) is 0 Å². The van der Waals surface area contributed by atoms with Crippen molar-refractivity contribution in [3.63, 3.8) is 0 Å². The quantitative estimate of drug-likeness (QED) is 0.613. The van der Waals surface area contributed by atoms with Gasteiger partial charge in [0.1, 0.15) is 0 Å². The lowest BCUT2D eigenvalue weighted by Crippen LogP contribution is -2.52. The lowest BCUT2D eigenvalue weighted by Gasteiger charge is -2.37. The average molecular weight is 345 g/mol. The summed E-state index contributed by atoms with van der Waals surface area (Å²) in [7, 11) is 1.86. The van der Waals surface area contributed by atoms with Crippen LogP contribution in [0.5, 0.6) is 0 Å². The number of aliphatic imine (C=N–C) groups is 1. The summed E-state index contributed by atoms with van der Waals surface area (Å²) in [6.07, 6.45) is 1.18. The fourth-order valence-corrected chi connectivity index (χ4v) is 3.69. The second-order valence-corrected chi connectivity index (χ2v) is 7.42. The zero-order valence-electron chi connectivity index (χ0n) is 15.7. The topological polar surface area (TPSA) is 48.9 Å². The largest absolute Gasteiger partial charge is 0.379 e. The van der Waals surface area contributed by atoms with E-state index in [1.807, 2.05) is 7.05 Å². The van der Waals surface area contributed by atoms with E-state index in [-0.39, 0.29) is 0 Å². The van der Waals surface area contributed by atoms with Crippen LogP contribution >= 0.6 is 0 Å². The molecule has 2 N–H and O–H groups in total. The summed E-state index contributed by atoms with van der Waals surface area (Å²) < 4.78 is 5.49. The Hall–Kier alpha value is -1.59. The molecule has 3 atom stereocenters. The Kier molecular flexibility index (Phi) is 6.32. The molecule has 0 aromatic heterocycles. The molecule has 5 heteroatoms. The molecule has 1 heterocycles. The predicted octanol–water partition coefficient (Wildman–Crippen LogP) is 2.06. The lowest BCUT2D eigenvalue weighted by molar-refractivity contribution is 0.00752. The van der Waals surface area contributed by atoms with Gasteiger partial charge in [-0.15, -0.1) is 0 Å². The Bertz CT molecular complexity index is 554. The fourth-order valence-electron chi connectivity index (χ4n) is 3.69. The summed E-state index contributed by atoms with van der Waals surface area (Å²) in [5.41, 5.74) is 1.42. The minimum atomic E-state index is 0.495. The molecular weight excluding hydrogens is 312 g/mol. The summed E-state index contributed by atoms with van der Waals surface area (Å²) in [5.74, 6) is 2.13. The molecule has 2 aliphatic rings. The van der Waals surface area contributed by atoms with Crippen LogP contribution in [0.15, 0.2) is 35.3 Å². The second-order valence-electron chi connectivity index (χ2n) is 7.42. The summed E-state index contributed by atoms with van der Waals surface area (Å²) in [4.78, 5) is 6.96. The third kappa shape index (κ3) is 4.95. The number of benzene rings is 1. The highest BCUT2D eigenvalue weighted by molar-refractivity contribution is 5.80. The van der Waals surface area contributed by atoms with Crippen molar-refractivity contribution in [2.45, 2.75) is 38.3 Å². The monoisotopic (exact) mass is 344 g/mol. The van der Waals surface area contributed by atoms with E-state index in [1.165, 1.54) is 12.0 Å². The Morgan fingerprint density at radius 2 is 1.96 bits per heavy atom. The van der Waals surface area contributed by atoms with Crippen molar-refractivity contribution in [2.75, 3.05) is 39.9 Å². The second kappa shape index (κ2) is 8.68. The summed E-state index contributed by atoms with van der Waals surface area (Å²) >= 11 is 0. The number of rotatable bonds is 6. The molecule has 25 heavy (non-hydrogen) atoms. The maximum Gasteiger partial charge on any atom is 0.191 e. The first-order valence-electron chi connectivity index (χ1n) is 9.53. The molecular formula is C20H32N4O. The van der Waals surface area contributed by atoms with E-state index in [9.17, 15) is 0 Å². The molecule has 1 aliphatic carbocycles. The van der Waals surface area contributed by atoms with E-state index in [0.717, 1.165) is 38.8 Å². The van der Waals surface area contributed by atoms with Crippen LogP contribution in [0.25, 0.3) is 0 Å². The van der Waals surface area contributed by atoms with Gasteiger partial charge in [0.2, 0.25) is 0 Å². The minimum absolute atomic E-state index is 0.495. The maximum absolute atomic E-state index is 5.49. The van der Waals surface area contributed by atoms with Crippen LogP contribution in [0.2, 0.25) is 0 Å². The highest BCUT2D eigenvalue weighted by Gasteiger charge is 2.39. The molecule has 2 fully saturated rings. The predicted molar refractivity (Wildman–Crippen MR) is 103 cm³/mol. The van der Waals surface area contributed by atoms with Crippen LogP contribution < -0.4 is 10.6 Å². The van der Waals surface area contributed by atoms with Crippen molar-refractivity contribution in [1.82, 2.24) is 15.5 Å². The van der Waals surface area contributed by atoms with Gasteiger partial charge in [0.05, 0.1) is 13.2 Å². The van der Waals surface area contributed by atoms with Crippen molar-refractivity contribution in [3.05, 3.63) is 35.9 Å². The van der Waals surface area contributed by atoms with E-state index in [1.54, 1.807) is 0 Å². The van der Waals surface area contributed by atoms with E-state index in [0.29, 0.717) is 23.9 Å². The van der Waals surface area contributed by atoms with Gasteiger partial charge in [0.15, 0.2) is 5.96 Å². The van der Waals surface area contributed by atoms with Crippen LogP contribution in [0.3, 0.4) is 0 Å². The SMILES string of the molecule is CN=C(NCC(C(C)C)N1CCOCC1)NC1CC1c1ccccc1. The number of nitrogens with one attached hydrogen (secondary N) is 2. The number of nitrogens with zero attached hydrogens (tertiary/aromatic N) is 2. The standard InChI is InChI=1S/C20H32N4O/c1-15(2)19(24-9-11-25-12-10-24)14-22-20(21-3)23-18-13-17(18)16-7-5-4-6-8-16/h4-8,15,17-19H,9-14H2,1-3H3,(H2,21,22,23). The Labute approximate surface area is 151 Å². The zero-order chi connectivity index (χ0) is 17.6. The third-order valence-electron chi connectivity index (χ3n) is 5.33. The van der Waals surface area contributed by atoms with Gasteiger partial charge in [-0.1, -0.05) is 44.2 Å². The minimum Gasteiger partial charge on any atom is -0.379 e. The smallest absolute Gasteiger partial charge is 0.191 e. The molecule has 0 radical (unpaired) electrons. The van der Waals surface area contributed by atoms with Gasteiger partial charge in [0, 0.05) is 44.7 Å². The number of hydrogen-bond acceptors (Lipinski definition) is 3.